The van der Waals surface area contributed by atoms with E-state index in [9.17, 15) is 14.5 Å². The summed E-state index contributed by atoms with van der Waals surface area (Å²) in [5.74, 6) is -0.838. The zero-order valence-corrected chi connectivity index (χ0v) is 8.44. The van der Waals surface area contributed by atoms with E-state index in [1.165, 1.54) is 0 Å². The van der Waals surface area contributed by atoms with E-state index in [-0.39, 0.29) is 0 Å². The average molecular weight is 229 g/mol. The zero-order valence-electron chi connectivity index (χ0n) is 6.73. The highest BCUT2D eigenvalue weighted by Gasteiger charge is 2.21. The number of rotatable bonds is 1. The lowest BCUT2D eigenvalue weighted by Crippen LogP contribution is -1.92. The number of hydrogen-bond acceptors (Lipinski definition) is 4. The molecule has 0 unspecified atom stereocenters. The molecule has 0 bridgehead atoms. The molecule has 0 amide bonds. The lowest BCUT2D eigenvalue weighted by atomic mass is 10.2. The van der Waals surface area contributed by atoms with Gasteiger partial charge in [0.2, 0.25) is 5.82 Å². The number of benzene rings is 1. The first-order valence-electron chi connectivity index (χ1n) is 3.64. The molecule has 0 aliphatic rings. The zero-order chi connectivity index (χ0) is 10.3. The van der Waals surface area contributed by atoms with Crippen molar-refractivity contribution in [1.82, 2.24) is 0 Å². The molecule has 1 aromatic carbocycles. The minimum Gasteiger partial charge on any atom is -0.258 e. The molecule has 0 atom stereocenters. The number of thiophene rings is 1. The molecule has 2 aromatic rings. The van der Waals surface area contributed by atoms with Crippen LogP contribution in [-0.2, 0) is 0 Å². The SMILES string of the molecule is O=[N+]([O-])c1c(F)cc(S)c2ccsc12. The van der Waals surface area contributed by atoms with Gasteiger partial charge in [-0.25, -0.2) is 0 Å². The Morgan fingerprint density at radius 3 is 2.93 bits per heavy atom. The normalized spacial score (nSPS) is 10.7. The number of thiol groups is 1. The van der Waals surface area contributed by atoms with Gasteiger partial charge in [0.25, 0.3) is 0 Å². The number of nitro benzene ring substituents is 1. The van der Waals surface area contributed by atoms with E-state index in [1.54, 1.807) is 11.4 Å². The second-order valence-electron chi connectivity index (χ2n) is 2.65. The first-order chi connectivity index (χ1) is 6.61. The van der Waals surface area contributed by atoms with Gasteiger partial charge in [0.05, 0.1) is 4.92 Å². The maximum Gasteiger partial charge on any atom is 0.322 e. The van der Waals surface area contributed by atoms with Crippen molar-refractivity contribution in [2.24, 2.45) is 0 Å². The van der Waals surface area contributed by atoms with Crippen molar-refractivity contribution in [1.29, 1.82) is 0 Å². The van der Waals surface area contributed by atoms with Crippen LogP contribution < -0.4 is 0 Å². The molecule has 0 spiro atoms. The number of nitro groups is 1. The molecule has 0 aliphatic carbocycles. The van der Waals surface area contributed by atoms with Gasteiger partial charge >= 0.3 is 5.69 Å². The van der Waals surface area contributed by atoms with Gasteiger partial charge in [0.1, 0.15) is 4.70 Å². The summed E-state index contributed by atoms with van der Waals surface area (Å²) >= 11 is 5.19. The van der Waals surface area contributed by atoms with E-state index < -0.39 is 16.4 Å². The maximum atomic E-state index is 13.2. The predicted octanol–water partition coefficient (Wildman–Crippen LogP) is 3.24. The smallest absolute Gasteiger partial charge is 0.258 e. The van der Waals surface area contributed by atoms with E-state index in [2.05, 4.69) is 12.6 Å². The number of nitrogens with zero attached hydrogens (tertiary/aromatic N) is 1. The summed E-state index contributed by atoms with van der Waals surface area (Å²) in [6.45, 7) is 0. The second-order valence-corrected chi connectivity index (χ2v) is 4.04. The molecule has 0 N–H and O–H groups in total. The largest absolute Gasteiger partial charge is 0.322 e. The molecule has 72 valence electrons. The minimum atomic E-state index is -0.838. The van der Waals surface area contributed by atoms with Gasteiger partial charge in [-0.1, -0.05) is 0 Å². The third kappa shape index (κ3) is 1.27. The van der Waals surface area contributed by atoms with Crippen LogP contribution in [-0.4, -0.2) is 4.92 Å². The molecule has 0 saturated heterocycles. The fourth-order valence-electron chi connectivity index (χ4n) is 1.24. The van der Waals surface area contributed by atoms with Crippen LogP contribution in [0.2, 0.25) is 0 Å². The summed E-state index contributed by atoms with van der Waals surface area (Å²) in [6.07, 6.45) is 0. The molecule has 1 aromatic heterocycles. The molecular weight excluding hydrogens is 225 g/mol. The third-order valence-corrected chi connectivity index (χ3v) is 3.12. The third-order valence-electron chi connectivity index (χ3n) is 1.83. The Balaban J connectivity index is 2.93. The Morgan fingerprint density at radius 2 is 2.29 bits per heavy atom. The van der Waals surface area contributed by atoms with Crippen molar-refractivity contribution < 1.29 is 9.31 Å². The molecule has 0 aliphatic heterocycles. The summed E-state index contributed by atoms with van der Waals surface area (Å²) in [6, 6.07) is 2.76. The van der Waals surface area contributed by atoms with Crippen LogP contribution in [0, 0.1) is 15.9 Å². The van der Waals surface area contributed by atoms with Crippen molar-refractivity contribution in [3.8, 4) is 0 Å². The van der Waals surface area contributed by atoms with Gasteiger partial charge in [0.15, 0.2) is 0 Å². The van der Waals surface area contributed by atoms with Crippen LogP contribution in [0.4, 0.5) is 10.1 Å². The van der Waals surface area contributed by atoms with Gasteiger partial charge in [-0.15, -0.1) is 24.0 Å². The fourth-order valence-corrected chi connectivity index (χ4v) is 2.54. The van der Waals surface area contributed by atoms with Crippen molar-refractivity contribution >= 4 is 39.7 Å². The maximum absolute atomic E-state index is 13.2. The minimum absolute atomic E-state index is 0.333. The van der Waals surface area contributed by atoms with Crippen molar-refractivity contribution in [3.63, 3.8) is 0 Å². The molecule has 6 heteroatoms. The topological polar surface area (TPSA) is 43.1 Å². The first kappa shape index (κ1) is 9.42. The average Bonchev–Trinajstić information content (AvgIpc) is 2.51. The van der Waals surface area contributed by atoms with Crippen molar-refractivity contribution in [3.05, 3.63) is 33.4 Å². The fraction of sp³-hybridized carbons (Fsp3) is 0. The van der Waals surface area contributed by atoms with Crippen molar-refractivity contribution in [2.75, 3.05) is 0 Å². The Morgan fingerprint density at radius 1 is 1.57 bits per heavy atom. The van der Waals surface area contributed by atoms with Crippen LogP contribution in [0.5, 0.6) is 0 Å². The Kier molecular flexibility index (Phi) is 2.16. The molecule has 0 fully saturated rings. The Hall–Kier alpha value is -1.14. The van der Waals surface area contributed by atoms with Gasteiger partial charge in [-0.05, 0) is 17.5 Å². The van der Waals surface area contributed by atoms with E-state index in [4.69, 9.17) is 0 Å². The molecule has 0 radical (unpaired) electrons. The number of halogens is 1. The van der Waals surface area contributed by atoms with E-state index >= 15 is 0 Å². The predicted molar refractivity (Wildman–Crippen MR) is 55.7 cm³/mol. The molecule has 0 saturated carbocycles. The molecule has 1 heterocycles. The highest BCUT2D eigenvalue weighted by molar-refractivity contribution is 7.80. The molecule has 3 nitrogen and oxygen atoms in total. The molecular formula is C8H4FNO2S2. The summed E-state index contributed by atoms with van der Waals surface area (Å²) in [4.78, 5) is 10.3. The lowest BCUT2D eigenvalue weighted by Gasteiger charge is -1.98. The van der Waals surface area contributed by atoms with E-state index in [1.807, 2.05) is 0 Å². The van der Waals surface area contributed by atoms with Gasteiger partial charge in [-0.2, -0.15) is 4.39 Å². The van der Waals surface area contributed by atoms with Crippen LogP contribution in [0.1, 0.15) is 0 Å². The summed E-state index contributed by atoms with van der Waals surface area (Å²) in [5, 5.41) is 12.9. The standard InChI is InChI=1S/C8H4FNO2S2/c9-5-3-6(13)4-1-2-14-8(4)7(5)10(11)12/h1-3,13H. The van der Waals surface area contributed by atoms with E-state index in [0.717, 1.165) is 17.4 Å². The van der Waals surface area contributed by atoms with Gasteiger partial charge in [-0.3, -0.25) is 10.1 Å². The molecule has 2 rings (SSSR count). The number of fused-ring (bicyclic) bond motifs is 1. The van der Waals surface area contributed by atoms with Crippen LogP contribution >= 0.6 is 24.0 Å². The highest BCUT2D eigenvalue weighted by Crippen LogP contribution is 2.36. The lowest BCUT2D eigenvalue weighted by molar-refractivity contribution is -0.385. The Bertz CT molecular complexity index is 523. The molecule has 14 heavy (non-hydrogen) atoms. The van der Waals surface area contributed by atoms with Crippen LogP contribution in [0.15, 0.2) is 22.4 Å². The van der Waals surface area contributed by atoms with Crippen molar-refractivity contribution in [2.45, 2.75) is 4.90 Å². The summed E-state index contributed by atoms with van der Waals surface area (Å²) in [5.41, 5.74) is -0.465. The summed E-state index contributed by atoms with van der Waals surface area (Å²) < 4.78 is 13.6. The number of hydrogen-bond donors (Lipinski definition) is 1. The van der Waals surface area contributed by atoms with Gasteiger partial charge in [0, 0.05) is 10.3 Å². The van der Waals surface area contributed by atoms with Crippen LogP contribution in [0.3, 0.4) is 0 Å². The Labute approximate surface area is 87.7 Å². The summed E-state index contributed by atoms with van der Waals surface area (Å²) in [7, 11) is 0. The highest BCUT2D eigenvalue weighted by atomic mass is 32.1. The van der Waals surface area contributed by atoms with Gasteiger partial charge < -0.3 is 0 Å². The first-order valence-corrected chi connectivity index (χ1v) is 4.97. The van der Waals surface area contributed by atoms with Crippen LogP contribution in [0.25, 0.3) is 10.1 Å². The van der Waals surface area contributed by atoms with E-state index in [0.29, 0.717) is 15.0 Å². The quantitative estimate of drug-likeness (QED) is 0.463. The second kappa shape index (κ2) is 3.21. The monoisotopic (exact) mass is 229 g/mol.